The number of piperazine rings is 1. The van der Waals surface area contributed by atoms with Crippen LogP contribution in [0, 0.1) is 5.92 Å². The number of rotatable bonds is 5. The van der Waals surface area contributed by atoms with E-state index < -0.39 is 11.7 Å². The average Bonchev–Trinajstić information content (AvgIpc) is 3.51. The van der Waals surface area contributed by atoms with Crippen molar-refractivity contribution in [3.8, 4) is 11.5 Å². The lowest BCUT2D eigenvalue weighted by Crippen LogP contribution is -2.50. The smallest absolute Gasteiger partial charge is 0.353 e. The van der Waals surface area contributed by atoms with Crippen molar-refractivity contribution in [1.29, 1.82) is 0 Å². The van der Waals surface area contributed by atoms with Crippen molar-refractivity contribution in [3.05, 3.63) is 60.3 Å². The molecule has 8 nitrogen and oxygen atoms in total. The maximum Gasteiger partial charge on any atom is 0.417 e. The molecule has 1 saturated heterocycles. The molecule has 0 bridgehead atoms. The third kappa shape index (κ3) is 4.24. The van der Waals surface area contributed by atoms with E-state index in [-0.39, 0.29) is 6.04 Å². The molecule has 11 heteroatoms. The number of nitrogens with zero attached hydrogens (tertiary/aromatic N) is 7. The van der Waals surface area contributed by atoms with Crippen LogP contribution in [0.1, 0.15) is 36.4 Å². The molecular formula is C24H25F3N8. The molecule has 35 heavy (non-hydrogen) atoms. The van der Waals surface area contributed by atoms with Gasteiger partial charge in [-0.2, -0.15) is 18.3 Å². The minimum Gasteiger partial charge on any atom is -0.353 e. The van der Waals surface area contributed by atoms with E-state index in [0.717, 1.165) is 55.7 Å². The van der Waals surface area contributed by atoms with E-state index in [0.29, 0.717) is 17.2 Å². The van der Waals surface area contributed by atoms with Crippen molar-refractivity contribution in [1.82, 2.24) is 34.4 Å². The molecule has 2 aliphatic rings. The lowest BCUT2D eigenvalue weighted by molar-refractivity contribution is -0.137. The van der Waals surface area contributed by atoms with Gasteiger partial charge in [-0.3, -0.25) is 14.4 Å². The molecule has 1 unspecified atom stereocenters. The standard InChI is InChI=1S/C24H25F3N8/c25-24(26,27)18-4-5-21-29-12-19(35(21)14-18)23-28-7-6-22(32-23)34-9-8-33(13-16-2-1-3-16)20(15-34)17-10-30-31-11-17/h4-7,10-12,14,16,20H,1-3,8-9,13,15H2,(H,30,31). The Morgan fingerprint density at radius 2 is 1.94 bits per heavy atom. The second-order valence-electron chi connectivity index (χ2n) is 9.31. The van der Waals surface area contributed by atoms with E-state index in [1.54, 1.807) is 6.20 Å². The minimum absolute atomic E-state index is 0.187. The summed E-state index contributed by atoms with van der Waals surface area (Å²) in [5, 5.41) is 7.09. The van der Waals surface area contributed by atoms with Crippen molar-refractivity contribution < 1.29 is 13.2 Å². The Kier molecular flexibility index (Phi) is 5.43. The largest absolute Gasteiger partial charge is 0.417 e. The maximum atomic E-state index is 13.3. The molecule has 1 N–H and O–H groups in total. The number of aromatic nitrogens is 6. The van der Waals surface area contributed by atoms with Crippen LogP contribution in [0.15, 0.2) is 49.2 Å². The molecule has 182 valence electrons. The lowest BCUT2D eigenvalue weighted by atomic mass is 9.84. The number of halogens is 3. The van der Waals surface area contributed by atoms with Gasteiger partial charge in [0, 0.05) is 50.3 Å². The van der Waals surface area contributed by atoms with Crippen molar-refractivity contribution >= 4 is 11.5 Å². The zero-order chi connectivity index (χ0) is 24.0. The predicted octanol–water partition coefficient (Wildman–Crippen LogP) is 4.20. The van der Waals surface area contributed by atoms with E-state index in [9.17, 15) is 13.2 Å². The number of imidazole rings is 1. The molecular weight excluding hydrogens is 457 g/mol. The summed E-state index contributed by atoms with van der Waals surface area (Å²) in [7, 11) is 0. The van der Waals surface area contributed by atoms with Gasteiger partial charge < -0.3 is 4.90 Å². The Morgan fingerprint density at radius 1 is 1.06 bits per heavy atom. The molecule has 6 rings (SSSR count). The number of aromatic amines is 1. The molecule has 4 aromatic heterocycles. The highest BCUT2D eigenvalue weighted by molar-refractivity contribution is 5.59. The van der Waals surface area contributed by atoms with Gasteiger partial charge in [-0.1, -0.05) is 6.42 Å². The predicted molar refractivity (Wildman–Crippen MR) is 124 cm³/mol. The summed E-state index contributed by atoms with van der Waals surface area (Å²) in [6, 6.07) is 4.42. The van der Waals surface area contributed by atoms with Gasteiger partial charge in [-0.15, -0.1) is 0 Å². The van der Waals surface area contributed by atoms with Gasteiger partial charge in [0.05, 0.1) is 24.0 Å². The summed E-state index contributed by atoms with van der Waals surface area (Å²) in [5.74, 6) is 1.85. The van der Waals surface area contributed by atoms with Crippen LogP contribution in [0.3, 0.4) is 0 Å². The first kappa shape index (κ1) is 22.0. The number of anilines is 1. The fourth-order valence-corrected chi connectivity index (χ4v) is 4.98. The van der Waals surface area contributed by atoms with Crippen LogP contribution in [0.2, 0.25) is 0 Å². The first-order valence-electron chi connectivity index (χ1n) is 11.8. The Balaban J connectivity index is 1.29. The second kappa shape index (κ2) is 8.63. The number of pyridine rings is 1. The summed E-state index contributed by atoms with van der Waals surface area (Å²) >= 11 is 0. The highest BCUT2D eigenvalue weighted by Gasteiger charge is 2.33. The summed E-state index contributed by atoms with van der Waals surface area (Å²) in [5.41, 5.74) is 1.23. The van der Waals surface area contributed by atoms with E-state index in [1.807, 2.05) is 18.5 Å². The quantitative estimate of drug-likeness (QED) is 0.460. The zero-order valence-electron chi connectivity index (χ0n) is 19.0. The van der Waals surface area contributed by atoms with Gasteiger partial charge in [0.15, 0.2) is 5.82 Å². The highest BCUT2D eigenvalue weighted by atomic mass is 19.4. The number of H-pyrrole nitrogens is 1. The van der Waals surface area contributed by atoms with E-state index in [2.05, 4.69) is 30.0 Å². The van der Waals surface area contributed by atoms with E-state index >= 15 is 0 Å². The van der Waals surface area contributed by atoms with Crippen LogP contribution in [0.5, 0.6) is 0 Å². The molecule has 1 aliphatic heterocycles. The Labute approximate surface area is 199 Å². The van der Waals surface area contributed by atoms with Gasteiger partial charge in [0.2, 0.25) is 0 Å². The number of alkyl halides is 3. The van der Waals surface area contributed by atoms with Crippen molar-refractivity contribution in [3.63, 3.8) is 0 Å². The van der Waals surface area contributed by atoms with Gasteiger partial charge in [-0.25, -0.2) is 15.0 Å². The summed E-state index contributed by atoms with van der Waals surface area (Å²) in [6.45, 7) is 3.54. The van der Waals surface area contributed by atoms with Gasteiger partial charge >= 0.3 is 6.18 Å². The first-order chi connectivity index (χ1) is 17.0. The van der Waals surface area contributed by atoms with Crippen molar-refractivity contribution in [2.45, 2.75) is 31.5 Å². The van der Waals surface area contributed by atoms with Crippen LogP contribution >= 0.6 is 0 Å². The molecule has 4 aromatic rings. The Bertz CT molecular complexity index is 1310. The fraction of sp³-hybridized carbons (Fsp3) is 0.417. The van der Waals surface area contributed by atoms with Crippen molar-refractivity contribution in [2.24, 2.45) is 5.92 Å². The summed E-state index contributed by atoms with van der Waals surface area (Å²) in [6.07, 6.45) is 7.50. The molecule has 1 saturated carbocycles. The molecule has 0 aromatic carbocycles. The minimum atomic E-state index is -4.44. The van der Waals surface area contributed by atoms with Gasteiger partial charge in [0.1, 0.15) is 17.2 Å². The third-order valence-corrected chi connectivity index (χ3v) is 7.14. The van der Waals surface area contributed by atoms with E-state index in [4.69, 9.17) is 4.98 Å². The Morgan fingerprint density at radius 3 is 2.69 bits per heavy atom. The van der Waals surface area contributed by atoms with Crippen LogP contribution in [0.25, 0.3) is 17.2 Å². The van der Waals surface area contributed by atoms with E-state index in [1.165, 1.54) is 35.9 Å². The van der Waals surface area contributed by atoms with Crippen LogP contribution < -0.4 is 4.90 Å². The maximum absolute atomic E-state index is 13.3. The first-order valence-corrected chi connectivity index (χ1v) is 11.8. The molecule has 0 radical (unpaired) electrons. The lowest BCUT2D eigenvalue weighted by Gasteiger charge is -2.44. The Hall–Kier alpha value is -3.47. The SMILES string of the molecule is FC(F)(F)c1ccc2ncc(-c3nccc(N4CCN(CC5CCC5)C(c5cn[nH]c5)C4)n3)n2c1. The summed E-state index contributed by atoms with van der Waals surface area (Å²) < 4.78 is 41.2. The molecule has 5 heterocycles. The topological polar surface area (TPSA) is 78.2 Å². The number of hydrogen-bond acceptors (Lipinski definition) is 6. The monoisotopic (exact) mass is 482 g/mol. The van der Waals surface area contributed by atoms with Crippen LogP contribution in [-0.2, 0) is 6.18 Å². The number of hydrogen-bond donors (Lipinski definition) is 1. The average molecular weight is 483 g/mol. The van der Waals surface area contributed by atoms with Gasteiger partial charge in [-0.05, 0) is 37.0 Å². The van der Waals surface area contributed by atoms with Crippen molar-refractivity contribution in [2.75, 3.05) is 31.1 Å². The second-order valence-corrected chi connectivity index (χ2v) is 9.31. The highest BCUT2D eigenvalue weighted by Crippen LogP contribution is 2.34. The fourth-order valence-electron chi connectivity index (χ4n) is 4.98. The number of nitrogens with one attached hydrogen (secondary N) is 1. The number of fused-ring (bicyclic) bond motifs is 1. The van der Waals surface area contributed by atoms with Crippen LogP contribution in [0.4, 0.5) is 19.0 Å². The van der Waals surface area contributed by atoms with Crippen LogP contribution in [-0.4, -0.2) is 60.6 Å². The zero-order valence-corrected chi connectivity index (χ0v) is 19.0. The van der Waals surface area contributed by atoms with Gasteiger partial charge in [0.25, 0.3) is 0 Å². The summed E-state index contributed by atoms with van der Waals surface area (Å²) in [4.78, 5) is 18.1. The molecule has 1 aliphatic carbocycles. The third-order valence-electron chi connectivity index (χ3n) is 7.14. The molecule has 2 fully saturated rings. The molecule has 0 amide bonds. The molecule has 1 atom stereocenters. The molecule has 0 spiro atoms. The normalized spacial score (nSPS) is 19.9.